The first-order valence-corrected chi connectivity index (χ1v) is 8.66. The fourth-order valence-electron chi connectivity index (χ4n) is 2.81. The third kappa shape index (κ3) is 3.86. The van der Waals surface area contributed by atoms with Gasteiger partial charge in [-0.2, -0.15) is 0 Å². The SMILES string of the molecule is O=C(Nc1ccncc1)c1ccc2cc(C(=O)Nc3ccncc3)ccc2c1. The molecule has 2 heterocycles. The number of hydrogen-bond donors (Lipinski definition) is 2. The van der Waals surface area contributed by atoms with Gasteiger partial charge in [0, 0.05) is 47.3 Å². The van der Waals surface area contributed by atoms with Crippen molar-refractivity contribution in [3.63, 3.8) is 0 Å². The third-order valence-electron chi connectivity index (χ3n) is 4.24. The average molecular weight is 368 g/mol. The van der Waals surface area contributed by atoms with Crippen molar-refractivity contribution in [1.82, 2.24) is 9.97 Å². The van der Waals surface area contributed by atoms with Crippen LogP contribution in [0.2, 0.25) is 0 Å². The van der Waals surface area contributed by atoms with Crippen LogP contribution in [0.25, 0.3) is 10.8 Å². The number of benzene rings is 2. The highest BCUT2D eigenvalue weighted by Gasteiger charge is 2.10. The molecule has 0 saturated heterocycles. The molecule has 0 unspecified atom stereocenters. The van der Waals surface area contributed by atoms with Crippen LogP contribution in [0.3, 0.4) is 0 Å². The van der Waals surface area contributed by atoms with Gasteiger partial charge in [-0.15, -0.1) is 0 Å². The summed E-state index contributed by atoms with van der Waals surface area (Å²) in [6.45, 7) is 0. The highest BCUT2D eigenvalue weighted by atomic mass is 16.2. The summed E-state index contributed by atoms with van der Waals surface area (Å²) >= 11 is 0. The molecule has 0 aliphatic heterocycles. The Kier molecular flexibility index (Phi) is 4.76. The molecular formula is C22H16N4O2. The molecule has 2 aromatic carbocycles. The number of aromatic nitrogens is 2. The molecule has 2 aromatic heterocycles. The minimum atomic E-state index is -0.201. The fourth-order valence-corrected chi connectivity index (χ4v) is 2.81. The molecule has 0 spiro atoms. The van der Waals surface area contributed by atoms with E-state index in [2.05, 4.69) is 20.6 Å². The highest BCUT2D eigenvalue weighted by molar-refractivity contribution is 6.08. The zero-order valence-corrected chi connectivity index (χ0v) is 14.8. The molecule has 0 fully saturated rings. The molecule has 6 heteroatoms. The van der Waals surface area contributed by atoms with Gasteiger partial charge in [-0.25, -0.2) is 0 Å². The summed E-state index contributed by atoms with van der Waals surface area (Å²) in [5.74, 6) is -0.403. The summed E-state index contributed by atoms with van der Waals surface area (Å²) in [5, 5.41) is 7.42. The van der Waals surface area contributed by atoms with Crippen LogP contribution in [-0.2, 0) is 0 Å². The normalized spacial score (nSPS) is 10.4. The third-order valence-corrected chi connectivity index (χ3v) is 4.24. The maximum absolute atomic E-state index is 12.4. The van der Waals surface area contributed by atoms with Crippen LogP contribution >= 0.6 is 0 Å². The molecular weight excluding hydrogens is 352 g/mol. The Labute approximate surface area is 161 Å². The number of carbonyl (C=O) groups excluding carboxylic acids is 2. The Morgan fingerprint density at radius 3 is 1.36 bits per heavy atom. The molecule has 0 aliphatic rings. The van der Waals surface area contributed by atoms with Crippen molar-refractivity contribution >= 4 is 34.0 Å². The maximum Gasteiger partial charge on any atom is 0.255 e. The standard InChI is InChI=1S/C22H16N4O2/c27-21(25-19-5-9-23-10-6-19)17-3-1-15-13-18(4-2-16(15)14-17)22(28)26-20-7-11-24-12-8-20/h1-14H,(H,23,25,27)(H,24,26,28). The van der Waals surface area contributed by atoms with Gasteiger partial charge in [0.05, 0.1) is 0 Å². The van der Waals surface area contributed by atoms with Gasteiger partial charge in [-0.05, 0) is 59.3 Å². The second-order valence-electron chi connectivity index (χ2n) is 6.16. The summed E-state index contributed by atoms with van der Waals surface area (Å²) in [6.07, 6.45) is 6.48. The fraction of sp³-hybridized carbons (Fsp3) is 0. The van der Waals surface area contributed by atoms with Crippen molar-refractivity contribution in [2.75, 3.05) is 10.6 Å². The van der Waals surface area contributed by atoms with Gasteiger partial charge in [0.1, 0.15) is 0 Å². The Balaban J connectivity index is 1.54. The molecule has 2 amide bonds. The van der Waals surface area contributed by atoms with E-state index in [-0.39, 0.29) is 11.8 Å². The molecule has 2 N–H and O–H groups in total. The summed E-state index contributed by atoms with van der Waals surface area (Å²) in [6, 6.07) is 17.7. The smallest absolute Gasteiger partial charge is 0.255 e. The number of fused-ring (bicyclic) bond motifs is 1. The zero-order valence-electron chi connectivity index (χ0n) is 14.8. The van der Waals surface area contributed by atoms with Crippen LogP contribution in [0, 0.1) is 0 Å². The molecule has 4 rings (SSSR count). The lowest BCUT2D eigenvalue weighted by molar-refractivity contribution is 0.101. The number of pyridine rings is 2. The average Bonchev–Trinajstić information content (AvgIpc) is 2.74. The molecule has 4 aromatic rings. The predicted octanol–water partition coefficient (Wildman–Crippen LogP) is 4.13. The molecule has 0 bridgehead atoms. The maximum atomic E-state index is 12.4. The lowest BCUT2D eigenvalue weighted by Gasteiger charge is -2.08. The van der Waals surface area contributed by atoms with Gasteiger partial charge in [-0.1, -0.05) is 12.1 Å². The number of amides is 2. The summed E-state index contributed by atoms with van der Waals surface area (Å²) in [4.78, 5) is 32.7. The van der Waals surface area contributed by atoms with Crippen molar-refractivity contribution in [1.29, 1.82) is 0 Å². The van der Waals surface area contributed by atoms with Crippen LogP contribution in [0.5, 0.6) is 0 Å². The molecule has 0 radical (unpaired) electrons. The quantitative estimate of drug-likeness (QED) is 0.567. The van der Waals surface area contributed by atoms with E-state index in [0.717, 1.165) is 10.8 Å². The Bertz CT molecular complexity index is 1050. The van der Waals surface area contributed by atoms with Crippen LogP contribution in [0.1, 0.15) is 20.7 Å². The van der Waals surface area contributed by atoms with Crippen LogP contribution < -0.4 is 10.6 Å². The van der Waals surface area contributed by atoms with E-state index in [1.165, 1.54) is 0 Å². The highest BCUT2D eigenvalue weighted by Crippen LogP contribution is 2.20. The Morgan fingerprint density at radius 1 is 0.571 bits per heavy atom. The number of nitrogens with one attached hydrogen (secondary N) is 2. The van der Waals surface area contributed by atoms with Gasteiger partial charge in [-0.3, -0.25) is 19.6 Å². The van der Waals surface area contributed by atoms with Gasteiger partial charge < -0.3 is 10.6 Å². The van der Waals surface area contributed by atoms with Crippen molar-refractivity contribution < 1.29 is 9.59 Å². The van der Waals surface area contributed by atoms with Gasteiger partial charge in [0.25, 0.3) is 11.8 Å². The Morgan fingerprint density at radius 2 is 0.964 bits per heavy atom. The van der Waals surface area contributed by atoms with Crippen molar-refractivity contribution in [2.45, 2.75) is 0 Å². The minimum absolute atomic E-state index is 0.201. The summed E-state index contributed by atoms with van der Waals surface area (Å²) in [5.41, 5.74) is 2.45. The number of rotatable bonds is 4. The monoisotopic (exact) mass is 368 g/mol. The second kappa shape index (κ2) is 7.67. The lowest BCUT2D eigenvalue weighted by Crippen LogP contribution is -2.12. The zero-order chi connectivity index (χ0) is 19.3. The minimum Gasteiger partial charge on any atom is -0.322 e. The number of hydrogen-bond acceptors (Lipinski definition) is 4. The number of anilines is 2. The molecule has 0 aliphatic carbocycles. The second-order valence-corrected chi connectivity index (χ2v) is 6.16. The molecule has 28 heavy (non-hydrogen) atoms. The molecule has 136 valence electrons. The van der Waals surface area contributed by atoms with Crippen LogP contribution in [0.4, 0.5) is 11.4 Å². The first-order valence-electron chi connectivity index (χ1n) is 8.66. The summed E-state index contributed by atoms with van der Waals surface area (Å²) < 4.78 is 0. The van der Waals surface area contributed by atoms with E-state index in [9.17, 15) is 9.59 Å². The Hall–Kier alpha value is -4.06. The van der Waals surface area contributed by atoms with E-state index in [1.54, 1.807) is 73.3 Å². The molecule has 0 atom stereocenters. The lowest BCUT2D eigenvalue weighted by atomic mass is 10.0. The predicted molar refractivity (Wildman–Crippen MR) is 108 cm³/mol. The van der Waals surface area contributed by atoms with E-state index in [4.69, 9.17) is 0 Å². The number of carbonyl (C=O) groups is 2. The topological polar surface area (TPSA) is 84.0 Å². The van der Waals surface area contributed by atoms with Gasteiger partial charge >= 0.3 is 0 Å². The van der Waals surface area contributed by atoms with Gasteiger partial charge in [0.15, 0.2) is 0 Å². The van der Waals surface area contributed by atoms with Crippen LogP contribution in [-0.4, -0.2) is 21.8 Å². The van der Waals surface area contributed by atoms with Gasteiger partial charge in [0.2, 0.25) is 0 Å². The van der Waals surface area contributed by atoms with E-state index >= 15 is 0 Å². The first-order chi connectivity index (χ1) is 13.7. The van der Waals surface area contributed by atoms with Crippen LogP contribution in [0.15, 0.2) is 85.5 Å². The first kappa shape index (κ1) is 17.4. The van der Waals surface area contributed by atoms with E-state index < -0.39 is 0 Å². The number of nitrogens with zero attached hydrogens (tertiary/aromatic N) is 2. The molecule has 6 nitrogen and oxygen atoms in total. The molecule has 0 saturated carbocycles. The van der Waals surface area contributed by atoms with E-state index in [0.29, 0.717) is 22.5 Å². The van der Waals surface area contributed by atoms with Crippen molar-refractivity contribution in [3.05, 3.63) is 96.6 Å². The largest absolute Gasteiger partial charge is 0.322 e. The van der Waals surface area contributed by atoms with Crippen molar-refractivity contribution in [2.24, 2.45) is 0 Å². The van der Waals surface area contributed by atoms with E-state index in [1.807, 2.05) is 12.1 Å². The van der Waals surface area contributed by atoms with Crippen molar-refractivity contribution in [3.8, 4) is 0 Å². The summed E-state index contributed by atoms with van der Waals surface area (Å²) in [7, 11) is 0.